The third-order valence-corrected chi connectivity index (χ3v) is 6.46. The lowest BCUT2D eigenvalue weighted by Crippen LogP contribution is -2.44. The van der Waals surface area contributed by atoms with E-state index in [2.05, 4.69) is 0 Å². The summed E-state index contributed by atoms with van der Waals surface area (Å²) in [5.41, 5.74) is -0.0574. The van der Waals surface area contributed by atoms with Crippen LogP contribution in [0.2, 0.25) is 5.02 Å². The first-order valence-corrected chi connectivity index (χ1v) is 11.4. The molecule has 4 rings (SSSR count). The molecule has 1 aliphatic rings. The Morgan fingerprint density at radius 3 is 2.31 bits per heavy atom. The number of benzene rings is 2. The summed E-state index contributed by atoms with van der Waals surface area (Å²) in [6.07, 6.45) is -5.22. The Balaban J connectivity index is 1.86. The number of aromatic hydroxyl groups is 1. The van der Waals surface area contributed by atoms with Crippen LogP contribution in [0.15, 0.2) is 33.5 Å². The zero-order chi connectivity index (χ0) is 25.7. The summed E-state index contributed by atoms with van der Waals surface area (Å²) in [6.45, 7) is 8.22. The summed E-state index contributed by atoms with van der Waals surface area (Å²) in [4.78, 5) is 15.2. The quantitative estimate of drug-likeness (QED) is 0.450. The van der Waals surface area contributed by atoms with E-state index in [9.17, 15) is 23.1 Å². The molecule has 0 spiro atoms. The summed E-state index contributed by atoms with van der Waals surface area (Å²) in [5.74, 6) is -2.79. The van der Waals surface area contributed by atoms with E-state index in [1.165, 1.54) is 24.3 Å². The standard InChI is InChI=1S/C25H25ClF3NO5/c1-12-7-16(8-13(2)20(12)26)34-23-21(32)17-5-6-19(31)18(22(17)35-24(23)25(27,28)29)11-30-9-14(3)33-15(4)10-30/h5-8,14-15,31H,9-11H2,1-4H3/t14-,15+. The number of rotatable bonds is 4. The van der Waals surface area contributed by atoms with Gasteiger partial charge in [0.2, 0.25) is 11.2 Å². The van der Waals surface area contributed by atoms with Gasteiger partial charge in [-0.15, -0.1) is 0 Å². The van der Waals surface area contributed by atoms with Gasteiger partial charge in [0.05, 0.1) is 23.2 Å². The molecule has 0 saturated carbocycles. The number of alkyl halides is 3. The second-order valence-electron chi connectivity index (χ2n) is 8.95. The Morgan fingerprint density at radius 2 is 1.74 bits per heavy atom. The van der Waals surface area contributed by atoms with Crippen LogP contribution in [0.5, 0.6) is 17.2 Å². The van der Waals surface area contributed by atoms with E-state index < -0.39 is 23.1 Å². The average molecular weight is 512 g/mol. The molecule has 0 unspecified atom stereocenters. The normalized spacial score (nSPS) is 19.3. The molecule has 35 heavy (non-hydrogen) atoms. The number of morpholine rings is 1. The van der Waals surface area contributed by atoms with Gasteiger partial charge >= 0.3 is 6.18 Å². The van der Waals surface area contributed by atoms with Gasteiger partial charge in [0.15, 0.2) is 0 Å². The molecule has 1 saturated heterocycles. The summed E-state index contributed by atoms with van der Waals surface area (Å²) in [7, 11) is 0. The van der Waals surface area contributed by atoms with E-state index >= 15 is 0 Å². The number of aryl methyl sites for hydroxylation is 2. The maximum atomic E-state index is 14.1. The Labute approximate surface area is 204 Å². The number of phenolic OH excluding ortho intramolecular Hbond substituents is 1. The summed E-state index contributed by atoms with van der Waals surface area (Å²) in [6, 6.07) is 5.40. The minimum Gasteiger partial charge on any atom is -0.507 e. The van der Waals surface area contributed by atoms with Gasteiger partial charge in [-0.3, -0.25) is 9.69 Å². The predicted molar refractivity (Wildman–Crippen MR) is 125 cm³/mol. The van der Waals surface area contributed by atoms with Crippen LogP contribution in [0.1, 0.15) is 36.3 Å². The minimum absolute atomic E-state index is 0.0249. The molecule has 10 heteroatoms. The smallest absolute Gasteiger partial charge is 0.453 e. The second kappa shape index (κ2) is 9.37. The van der Waals surface area contributed by atoms with Crippen LogP contribution in [-0.4, -0.2) is 35.3 Å². The maximum Gasteiger partial charge on any atom is 0.453 e. The average Bonchev–Trinajstić information content (AvgIpc) is 2.74. The van der Waals surface area contributed by atoms with E-state index in [0.717, 1.165) is 0 Å². The van der Waals surface area contributed by atoms with Crippen molar-refractivity contribution in [3.8, 4) is 17.2 Å². The lowest BCUT2D eigenvalue weighted by molar-refractivity contribution is -0.154. The molecule has 1 aromatic heterocycles. The SMILES string of the molecule is Cc1cc(Oc2c(C(F)(F)F)oc3c(CN4C[C@@H](C)O[C@@H](C)C4)c(O)ccc3c2=O)cc(C)c1Cl. The highest BCUT2D eigenvalue weighted by molar-refractivity contribution is 6.32. The molecule has 0 bridgehead atoms. The fraction of sp³-hybridized carbons (Fsp3) is 0.400. The van der Waals surface area contributed by atoms with Gasteiger partial charge in [0.1, 0.15) is 17.1 Å². The second-order valence-corrected chi connectivity index (χ2v) is 9.33. The van der Waals surface area contributed by atoms with E-state index in [1.54, 1.807) is 13.8 Å². The van der Waals surface area contributed by atoms with Gasteiger partial charge in [0, 0.05) is 24.7 Å². The number of phenols is 1. The maximum absolute atomic E-state index is 14.1. The Bertz CT molecular complexity index is 1300. The van der Waals surface area contributed by atoms with Crippen molar-refractivity contribution >= 4 is 22.6 Å². The zero-order valence-corrected chi connectivity index (χ0v) is 20.4. The van der Waals surface area contributed by atoms with Crippen molar-refractivity contribution in [3.05, 3.63) is 62.0 Å². The van der Waals surface area contributed by atoms with Crippen molar-refractivity contribution in [1.82, 2.24) is 4.90 Å². The fourth-order valence-electron chi connectivity index (χ4n) is 4.44. The zero-order valence-electron chi connectivity index (χ0n) is 19.6. The predicted octanol–water partition coefficient (Wildman–Crippen LogP) is 6.19. The fourth-order valence-corrected chi connectivity index (χ4v) is 4.55. The first-order valence-electron chi connectivity index (χ1n) is 11.1. The first-order chi connectivity index (χ1) is 16.3. The molecular formula is C25H25ClF3NO5. The van der Waals surface area contributed by atoms with Crippen LogP contribution in [0.3, 0.4) is 0 Å². The van der Waals surface area contributed by atoms with Crippen molar-refractivity contribution in [3.63, 3.8) is 0 Å². The van der Waals surface area contributed by atoms with Gasteiger partial charge < -0.3 is 19.0 Å². The molecule has 2 heterocycles. The number of hydrogen-bond acceptors (Lipinski definition) is 6. The van der Waals surface area contributed by atoms with E-state index in [1.807, 2.05) is 18.7 Å². The van der Waals surface area contributed by atoms with E-state index in [4.69, 9.17) is 25.5 Å². The van der Waals surface area contributed by atoms with Crippen LogP contribution in [0.25, 0.3) is 11.0 Å². The van der Waals surface area contributed by atoms with E-state index in [-0.39, 0.29) is 46.8 Å². The molecule has 1 fully saturated rings. The molecule has 3 aromatic rings. The summed E-state index contributed by atoms with van der Waals surface area (Å²) >= 11 is 6.14. The van der Waals surface area contributed by atoms with Gasteiger partial charge in [-0.1, -0.05) is 11.6 Å². The van der Waals surface area contributed by atoms with Crippen LogP contribution < -0.4 is 10.2 Å². The molecule has 2 atom stereocenters. The number of nitrogens with zero attached hydrogens (tertiary/aromatic N) is 1. The van der Waals surface area contributed by atoms with Crippen LogP contribution >= 0.6 is 11.6 Å². The number of hydrogen-bond donors (Lipinski definition) is 1. The van der Waals surface area contributed by atoms with Crippen LogP contribution in [0, 0.1) is 13.8 Å². The van der Waals surface area contributed by atoms with Gasteiger partial charge in [-0.2, -0.15) is 13.2 Å². The molecular weight excluding hydrogens is 487 g/mol. The Hall–Kier alpha value is -2.75. The Morgan fingerprint density at radius 1 is 1.14 bits per heavy atom. The van der Waals surface area contributed by atoms with Crippen LogP contribution in [0.4, 0.5) is 13.2 Å². The van der Waals surface area contributed by atoms with Crippen molar-refractivity contribution in [2.45, 2.75) is 52.6 Å². The molecule has 1 N–H and O–H groups in total. The highest BCUT2D eigenvalue weighted by Gasteiger charge is 2.41. The van der Waals surface area contributed by atoms with Crippen molar-refractivity contribution in [2.75, 3.05) is 13.1 Å². The van der Waals surface area contributed by atoms with Crippen molar-refractivity contribution in [1.29, 1.82) is 0 Å². The van der Waals surface area contributed by atoms with Crippen molar-refractivity contribution < 1.29 is 32.2 Å². The van der Waals surface area contributed by atoms with Gasteiger partial charge in [-0.05, 0) is 63.1 Å². The number of fused-ring (bicyclic) bond motifs is 1. The van der Waals surface area contributed by atoms with Gasteiger partial charge in [0.25, 0.3) is 5.76 Å². The molecule has 188 valence electrons. The highest BCUT2D eigenvalue weighted by Crippen LogP contribution is 2.40. The molecule has 1 aliphatic heterocycles. The summed E-state index contributed by atoms with van der Waals surface area (Å²) in [5, 5.41) is 10.8. The number of halogens is 4. The Kier molecular flexibility index (Phi) is 6.78. The third kappa shape index (κ3) is 5.12. The lowest BCUT2D eigenvalue weighted by atomic mass is 10.1. The van der Waals surface area contributed by atoms with Crippen LogP contribution in [-0.2, 0) is 17.5 Å². The highest BCUT2D eigenvalue weighted by atomic mass is 35.5. The number of ether oxygens (including phenoxy) is 2. The molecule has 0 radical (unpaired) electrons. The van der Waals surface area contributed by atoms with E-state index in [0.29, 0.717) is 29.2 Å². The molecule has 0 amide bonds. The van der Waals surface area contributed by atoms with Crippen molar-refractivity contribution in [2.24, 2.45) is 0 Å². The minimum atomic E-state index is -5.02. The molecule has 6 nitrogen and oxygen atoms in total. The van der Waals surface area contributed by atoms with Gasteiger partial charge in [-0.25, -0.2) is 0 Å². The monoisotopic (exact) mass is 511 g/mol. The largest absolute Gasteiger partial charge is 0.507 e. The lowest BCUT2D eigenvalue weighted by Gasteiger charge is -2.35. The molecule has 2 aromatic carbocycles. The topological polar surface area (TPSA) is 72.1 Å². The summed E-state index contributed by atoms with van der Waals surface area (Å²) < 4.78 is 58.6. The molecule has 0 aliphatic carbocycles. The first kappa shape index (κ1) is 25.3. The third-order valence-electron chi connectivity index (χ3n) is 5.86.